The molecule has 0 radical (unpaired) electrons. The molecule has 1 aliphatic rings. The fraction of sp³-hybridized carbons (Fsp3) is 0.333. The van der Waals surface area contributed by atoms with Crippen LogP contribution in [-0.2, 0) is 0 Å². The van der Waals surface area contributed by atoms with Crippen LogP contribution in [0, 0.1) is 11.8 Å². The monoisotopic (exact) mass is 418 g/mol. The van der Waals surface area contributed by atoms with E-state index < -0.39 is 0 Å². The quantitative estimate of drug-likeness (QED) is 0.187. The first-order valence-electron chi connectivity index (χ1n) is 12.2. The Morgan fingerprint density at radius 3 is 2.12 bits per heavy atom. The highest BCUT2D eigenvalue weighted by Crippen LogP contribution is 2.46. The van der Waals surface area contributed by atoms with Crippen molar-refractivity contribution in [3.8, 4) is 34.4 Å². The predicted molar refractivity (Wildman–Crippen MR) is 136 cm³/mol. The average molecular weight is 419 g/mol. The second-order valence-electron chi connectivity index (χ2n) is 8.86. The largest absolute Gasteiger partial charge is 0.244 e. The summed E-state index contributed by atoms with van der Waals surface area (Å²) < 4.78 is 0. The second kappa shape index (κ2) is 9.53. The maximum Gasteiger partial charge on any atom is 0.0980 e. The fourth-order valence-corrected chi connectivity index (χ4v) is 4.77. The third-order valence-corrected chi connectivity index (χ3v) is 6.45. The summed E-state index contributed by atoms with van der Waals surface area (Å²) in [4.78, 5) is 9.94. The van der Waals surface area contributed by atoms with Crippen LogP contribution in [0.1, 0.15) is 70.3 Å². The summed E-state index contributed by atoms with van der Waals surface area (Å²) in [5.74, 6) is 6.84. The van der Waals surface area contributed by atoms with E-state index in [4.69, 9.17) is 9.97 Å². The van der Waals surface area contributed by atoms with Gasteiger partial charge in [-0.1, -0.05) is 94.0 Å². The van der Waals surface area contributed by atoms with Crippen molar-refractivity contribution < 1.29 is 0 Å². The van der Waals surface area contributed by atoms with Crippen LogP contribution in [0.5, 0.6) is 0 Å². The van der Waals surface area contributed by atoms with Gasteiger partial charge in [0.05, 0.1) is 22.4 Å². The highest BCUT2D eigenvalue weighted by molar-refractivity contribution is 6.14. The van der Waals surface area contributed by atoms with Crippen LogP contribution in [-0.4, -0.2) is 9.97 Å². The zero-order chi connectivity index (χ0) is 21.8. The smallest absolute Gasteiger partial charge is 0.0980 e. The summed E-state index contributed by atoms with van der Waals surface area (Å²) in [5, 5.41) is 2.48. The molecule has 32 heavy (non-hydrogen) atoms. The molecule has 0 spiro atoms. The van der Waals surface area contributed by atoms with Crippen LogP contribution >= 0.6 is 0 Å². The van der Waals surface area contributed by atoms with Gasteiger partial charge < -0.3 is 0 Å². The number of rotatable bonds is 8. The van der Waals surface area contributed by atoms with Crippen molar-refractivity contribution in [2.75, 3.05) is 0 Å². The molecule has 5 rings (SSSR count). The van der Waals surface area contributed by atoms with Gasteiger partial charge >= 0.3 is 0 Å². The van der Waals surface area contributed by atoms with Gasteiger partial charge in [-0.15, -0.1) is 0 Å². The van der Waals surface area contributed by atoms with E-state index in [1.54, 1.807) is 0 Å². The minimum absolute atomic E-state index is 0.943. The zero-order valence-corrected chi connectivity index (χ0v) is 19.0. The molecule has 4 aromatic rings. The number of unbranched alkanes of at least 4 members (excludes halogenated alkanes) is 8. The fourth-order valence-electron chi connectivity index (χ4n) is 4.77. The van der Waals surface area contributed by atoms with E-state index in [9.17, 15) is 0 Å². The molecule has 3 aromatic carbocycles. The molecule has 1 aliphatic carbocycles. The molecule has 0 unspecified atom stereocenters. The Labute approximate surface area is 191 Å². The van der Waals surface area contributed by atoms with Crippen molar-refractivity contribution in [3.05, 3.63) is 60.2 Å². The molecular weight excluding hydrogens is 388 g/mol. The molecule has 0 saturated heterocycles. The number of nitrogens with zero attached hydrogens (tertiary/aromatic N) is 2. The van der Waals surface area contributed by atoms with Gasteiger partial charge in [0, 0.05) is 28.5 Å². The lowest BCUT2D eigenvalue weighted by atomic mass is 10.0. The maximum absolute atomic E-state index is 4.98. The molecule has 2 heteroatoms. The number of benzene rings is 3. The zero-order valence-electron chi connectivity index (χ0n) is 19.0. The first-order valence-corrected chi connectivity index (χ1v) is 12.2. The Bertz CT molecular complexity index is 1320. The number of para-hydroxylation sites is 2. The lowest BCUT2D eigenvalue weighted by molar-refractivity contribution is 0.579. The first kappa shape index (κ1) is 20.7. The van der Waals surface area contributed by atoms with Crippen molar-refractivity contribution in [2.24, 2.45) is 0 Å². The summed E-state index contributed by atoms with van der Waals surface area (Å²) in [6.45, 7) is 2.27. The minimum atomic E-state index is 0.943. The molecule has 2 nitrogen and oxygen atoms in total. The second-order valence-corrected chi connectivity index (χ2v) is 8.86. The standard InChI is InChI=1S/C30H30N2/c1-2-3-4-5-6-7-8-9-10-11-15-22-20-23-16-14-17-24-28(23)25(21-22)30-29(24)31-26-18-12-13-19-27(26)32-30/h12-14,16-21H,2-10H2,1H3. The van der Waals surface area contributed by atoms with Crippen LogP contribution in [0.2, 0.25) is 0 Å². The van der Waals surface area contributed by atoms with Crippen LogP contribution in [0.4, 0.5) is 0 Å². The van der Waals surface area contributed by atoms with Crippen molar-refractivity contribution in [1.82, 2.24) is 9.97 Å². The maximum atomic E-state index is 4.98. The third-order valence-electron chi connectivity index (χ3n) is 6.45. The van der Waals surface area contributed by atoms with Gasteiger partial charge in [0.15, 0.2) is 0 Å². The van der Waals surface area contributed by atoms with E-state index in [0.29, 0.717) is 0 Å². The van der Waals surface area contributed by atoms with Gasteiger partial charge in [0.1, 0.15) is 0 Å². The average Bonchev–Trinajstić information content (AvgIpc) is 3.13. The Kier molecular flexibility index (Phi) is 6.17. The van der Waals surface area contributed by atoms with Gasteiger partial charge in [-0.25, -0.2) is 9.97 Å². The van der Waals surface area contributed by atoms with Crippen LogP contribution in [0.25, 0.3) is 44.3 Å². The van der Waals surface area contributed by atoms with Crippen molar-refractivity contribution >= 4 is 21.8 Å². The van der Waals surface area contributed by atoms with Gasteiger partial charge in [-0.2, -0.15) is 0 Å². The number of aromatic nitrogens is 2. The van der Waals surface area contributed by atoms with Crippen LogP contribution in [0.15, 0.2) is 54.6 Å². The topological polar surface area (TPSA) is 25.8 Å². The minimum Gasteiger partial charge on any atom is -0.244 e. The van der Waals surface area contributed by atoms with Crippen LogP contribution in [0.3, 0.4) is 0 Å². The Hall–Kier alpha value is -3.18. The van der Waals surface area contributed by atoms with Crippen LogP contribution < -0.4 is 0 Å². The van der Waals surface area contributed by atoms with E-state index in [-0.39, 0.29) is 0 Å². The summed E-state index contributed by atoms with van der Waals surface area (Å²) in [7, 11) is 0. The molecule has 160 valence electrons. The lowest BCUT2D eigenvalue weighted by Gasteiger charge is -2.03. The van der Waals surface area contributed by atoms with E-state index >= 15 is 0 Å². The Morgan fingerprint density at radius 1 is 0.688 bits per heavy atom. The number of hydrogen-bond acceptors (Lipinski definition) is 2. The first-order chi connectivity index (χ1) is 15.8. The molecule has 0 saturated carbocycles. The SMILES string of the molecule is CCCCCCCCCCC#Cc1cc2c3c(cccc3c1)-c1nc3ccccc3nc1-2. The molecule has 0 amide bonds. The third kappa shape index (κ3) is 4.13. The van der Waals surface area contributed by atoms with Crippen molar-refractivity contribution in [1.29, 1.82) is 0 Å². The van der Waals surface area contributed by atoms with E-state index in [1.165, 1.54) is 73.3 Å². The van der Waals surface area contributed by atoms with Gasteiger partial charge in [-0.05, 0) is 36.1 Å². The lowest BCUT2D eigenvalue weighted by Crippen LogP contribution is -1.90. The summed E-state index contributed by atoms with van der Waals surface area (Å²) in [6, 6.07) is 19.0. The molecular formula is C30H30N2. The van der Waals surface area contributed by atoms with E-state index in [1.807, 2.05) is 24.3 Å². The number of hydrogen-bond donors (Lipinski definition) is 0. The molecule has 0 N–H and O–H groups in total. The number of fused-ring (bicyclic) bond motifs is 4. The molecule has 0 fully saturated rings. The van der Waals surface area contributed by atoms with Gasteiger partial charge in [-0.3, -0.25) is 0 Å². The molecule has 1 aromatic heterocycles. The summed E-state index contributed by atoms with van der Waals surface area (Å²) in [5.41, 5.74) is 7.30. The molecule has 1 heterocycles. The van der Waals surface area contributed by atoms with Gasteiger partial charge in [0.2, 0.25) is 0 Å². The van der Waals surface area contributed by atoms with E-state index in [2.05, 4.69) is 49.1 Å². The summed E-state index contributed by atoms with van der Waals surface area (Å²) in [6.07, 6.45) is 11.7. The highest BCUT2D eigenvalue weighted by atomic mass is 14.8. The molecule has 0 aliphatic heterocycles. The Morgan fingerprint density at radius 2 is 1.38 bits per heavy atom. The molecule has 0 atom stereocenters. The normalized spacial score (nSPS) is 11.5. The van der Waals surface area contributed by atoms with E-state index in [0.717, 1.165) is 34.4 Å². The van der Waals surface area contributed by atoms with Gasteiger partial charge in [0.25, 0.3) is 0 Å². The predicted octanol–water partition coefficient (Wildman–Crippen LogP) is 8.31. The van der Waals surface area contributed by atoms with Crippen molar-refractivity contribution in [3.63, 3.8) is 0 Å². The highest BCUT2D eigenvalue weighted by Gasteiger charge is 2.25. The van der Waals surface area contributed by atoms with Crippen molar-refractivity contribution in [2.45, 2.75) is 64.7 Å². The summed E-state index contributed by atoms with van der Waals surface area (Å²) >= 11 is 0. The molecule has 0 bridgehead atoms. The Balaban J connectivity index is 1.33.